The molecule has 6 nitrogen and oxygen atoms in total. The van der Waals surface area contributed by atoms with Crippen LogP contribution in [-0.2, 0) is 10.2 Å². The molecular weight excluding hydrogens is 335 g/mol. The molecule has 1 atom stereocenters. The molecule has 0 bridgehead atoms. The van der Waals surface area contributed by atoms with Crippen LogP contribution < -0.4 is 0 Å². The first-order valence-electron chi connectivity index (χ1n) is 8.38. The molecule has 0 spiro atoms. The van der Waals surface area contributed by atoms with E-state index in [2.05, 4.69) is 20.3 Å². The summed E-state index contributed by atoms with van der Waals surface area (Å²) in [7, 11) is 0. The van der Waals surface area contributed by atoms with Crippen molar-refractivity contribution in [3.8, 4) is 11.6 Å². The summed E-state index contributed by atoms with van der Waals surface area (Å²) in [6, 6.07) is 14.1. The van der Waals surface area contributed by atoms with Crippen molar-refractivity contribution in [1.82, 2.24) is 20.3 Å². The average Bonchev–Trinajstić information content (AvgIpc) is 3.41. The van der Waals surface area contributed by atoms with Crippen LogP contribution in [0.2, 0.25) is 0 Å². The van der Waals surface area contributed by atoms with E-state index in [4.69, 9.17) is 9.26 Å². The maximum absolute atomic E-state index is 13.3. The molecule has 2 aromatic heterocycles. The lowest BCUT2D eigenvalue weighted by atomic mass is 9.79. The van der Waals surface area contributed by atoms with Crippen molar-refractivity contribution < 1.29 is 13.7 Å². The number of fused-ring (bicyclic) bond motifs is 1. The molecule has 0 amide bonds. The van der Waals surface area contributed by atoms with Crippen LogP contribution >= 0.6 is 0 Å². The summed E-state index contributed by atoms with van der Waals surface area (Å²) >= 11 is 0. The largest absolute Gasteiger partial charge is 0.380 e. The van der Waals surface area contributed by atoms with Gasteiger partial charge in [0, 0.05) is 12.0 Å². The van der Waals surface area contributed by atoms with E-state index >= 15 is 0 Å². The number of nitrogens with one attached hydrogen (secondary N) is 1. The van der Waals surface area contributed by atoms with Crippen molar-refractivity contribution in [3.05, 3.63) is 65.7 Å². The van der Waals surface area contributed by atoms with Crippen LogP contribution in [0.15, 0.2) is 53.1 Å². The normalized spacial score (nSPS) is 20.0. The second-order valence-electron chi connectivity index (χ2n) is 6.43. The molecule has 1 N–H and O–H groups in total. The number of para-hydroxylation sites is 1. The second kappa shape index (κ2) is 5.74. The first-order valence-corrected chi connectivity index (χ1v) is 8.38. The minimum absolute atomic E-state index is 0.278. The van der Waals surface area contributed by atoms with Crippen LogP contribution in [0, 0.1) is 5.82 Å². The number of aromatic amines is 1. The van der Waals surface area contributed by atoms with Gasteiger partial charge in [0.25, 0.3) is 5.89 Å². The van der Waals surface area contributed by atoms with Gasteiger partial charge in [-0.3, -0.25) is 5.10 Å². The Hall–Kier alpha value is -3.06. The van der Waals surface area contributed by atoms with Crippen LogP contribution in [-0.4, -0.2) is 33.6 Å². The highest BCUT2D eigenvalue weighted by molar-refractivity contribution is 5.90. The fraction of sp³-hybridized carbons (Fsp3) is 0.211. The summed E-state index contributed by atoms with van der Waals surface area (Å²) in [5.41, 5.74) is 1.89. The molecule has 5 rings (SSSR count). The Morgan fingerprint density at radius 3 is 2.73 bits per heavy atom. The lowest BCUT2D eigenvalue weighted by molar-refractivity contribution is 0.182. The van der Waals surface area contributed by atoms with Gasteiger partial charge >= 0.3 is 0 Å². The van der Waals surface area contributed by atoms with E-state index < -0.39 is 5.41 Å². The zero-order chi connectivity index (χ0) is 17.6. The van der Waals surface area contributed by atoms with Gasteiger partial charge in [-0.15, -0.1) is 0 Å². The Balaban J connectivity index is 1.60. The molecule has 130 valence electrons. The topological polar surface area (TPSA) is 76.8 Å². The smallest absolute Gasteiger partial charge is 0.279 e. The highest BCUT2D eigenvalue weighted by Gasteiger charge is 2.43. The lowest BCUT2D eigenvalue weighted by Gasteiger charge is -2.23. The van der Waals surface area contributed by atoms with E-state index in [1.165, 1.54) is 12.1 Å². The molecule has 1 saturated heterocycles. The molecule has 0 unspecified atom stereocenters. The van der Waals surface area contributed by atoms with Gasteiger partial charge in [0.05, 0.1) is 17.5 Å². The first-order chi connectivity index (χ1) is 12.8. The quantitative estimate of drug-likeness (QED) is 0.612. The summed E-state index contributed by atoms with van der Waals surface area (Å²) in [6.07, 6.45) is 0.707. The monoisotopic (exact) mass is 350 g/mol. The summed E-state index contributed by atoms with van der Waals surface area (Å²) in [5.74, 6) is 0.606. The maximum Gasteiger partial charge on any atom is 0.279 e. The highest BCUT2D eigenvalue weighted by Crippen LogP contribution is 2.39. The number of ether oxygens (including phenoxy) is 1. The summed E-state index contributed by atoms with van der Waals surface area (Å²) < 4.78 is 24.5. The van der Waals surface area contributed by atoms with Crippen LogP contribution in [0.5, 0.6) is 0 Å². The number of hydrogen-bond acceptors (Lipinski definition) is 5. The fourth-order valence-corrected chi connectivity index (χ4v) is 3.51. The number of rotatable bonds is 3. The molecule has 1 fully saturated rings. The molecule has 26 heavy (non-hydrogen) atoms. The van der Waals surface area contributed by atoms with Gasteiger partial charge in [-0.2, -0.15) is 10.1 Å². The molecule has 0 radical (unpaired) electrons. The van der Waals surface area contributed by atoms with Crippen molar-refractivity contribution in [1.29, 1.82) is 0 Å². The number of nitrogens with zero attached hydrogens (tertiary/aromatic N) is 3. The molecular formula is C19H15FN4O2. The second-order valence-corrected chi connectivity index (χ2v) is 6.43. The third kappa shape index (κ3) is 2.24. The predicted molar refractivity (Wildman–Crippen MR) is 92.0 cm³/mol. The number of halogens is 1. The Labute approximate surface area is 148 Å². The van der Waals surface area contributed by atoms with E-state index in [-0.39, 0.29) is 5.82 Å². The summed E-state index contributed by atoms with van der Waals surface area (Å²) in [4.78, 5) is 4.62. The summed E-state index contributed by atoms with van der Waals surface area (Å²) in [5, 5.41) is 12.4. The van der Waals surface area contributed by atoms with Gasteiger partial charge in [0.1, 0.15) is 5.82 Å². The van der Waals surface area contributed by atoms with Crippen LogP contribution in [0.3, 0.4) is 0 Å². The fourth-order valence-electron chi connectivity index (χ4n) is 3.51. The van der Waals surface area contributed by atoms with Crippen LogP contribution in [0.1, 0.15) is 17.8 Å². The van der Waals surface area contributed by atoms with Gasteiger partial charge in [0.2, 0.25) is 0 Å². The minimum atomic E-state index is -0.540. The summed E-state index contributed by atoms with van der Waals surface area (Å²) in [6.45, 7) is 1.02. The van der Waals surface area contributed by atoms with Gasteiger partial charge < -0.3 is 9.26 Å². The van der Waals surface area contributed by atoms with Gasteiger partial charge in [-0.25, -0.2) is 4.39 Å². The SMILES string of the molecule is Fc1ccc([C@]2(c3noc(-c4n[nH]c5ccccc45)n3)CCOC2)cc1. The first kappa shape index (κ1) is 15.2. The number of H-pyrrole nitrogens is 1. The molecule has 0 saturated carbocycles. The van der Waals surface area contributed by atoms with Gasteiger partial charge in [0.15, 0.2) is 11.5 Å². The minimum Gasteiger partial charge on any atom is -0.380 e. The zero-order valence-electron chi connectivity index (χ0n) is 13.8. The van der Waals surface area contributed by atoms with Crippen molar-refractivity contribution in [2.24, 2.45) is 0 Å². The predicted octanol–water partition coefficient (Wildman–Crippen LogP) is 3.46. The van der Waals surface area contributed by atoms with Gasteiger partial charge in [-0.1, -0.05) is 35.5 Å². The molecule has 7 heteroatoms. The highest BCUT2D eigenvalue weighted by atomic mass is 19.1. The van der Waals surface area contributed by atoms with E-state index in [1.54, 1.807) is 12.1 Å². The molecule has 1 aliphatic rings. The van der Waals surface area contributed by atoms with Crippen LogP contribution in [0.25, 0.3) is 22.5 Å². The van der Waals surface area contributed by atoms with E-state index in [0.29, 0.717) is 37.0 Å². The Bertz CT molecular complexity index is 1060. The average molecular weight is 350 g/mol. The lowest BCUT2D eigenvalue weighted by Crippen LogP contribution is -2.29. The molecule has 3 heterocycles. The van der Waals surface area contributed by atoms with Crippen molar-refractivity contribution in [3.63, 3.8) is 0 Å². The molecule has 1 aliphatic heterocycles. The van der Waals surface area contributed by atoms with Gasteiger partial charge in [-0.05, 0) is 30.2 Å². The zero-order valence-corrected chi connectivity index (χ0v) is 13.8. The maximum atomic E-state index is 13.3. The molecule has 0 aliphatic carbocycles. The van der Waals surface area contributed by atoms with E-state index in [9.17, 15) is 4.39 Å². The Morgan fingerprint density at radius 1 is 1.08 bits per heavy atom. The van der Waals surface area contributed by atoms with E-state index in [1.807, 2.05) is 24.3 Å². The number of benzene rings is 2. The Kier molecular flexibility index (Phi) is 3.36. The molecule has 4 aromatic rings. The Morgan fingerprint density at radius 2 is 1.92 bits per heavy atom. The van der Waals surface area contributed by atoms with E-state index in [0.717, 1.165) is 16.5 Å². The standard InChI is InChI=1S/C19H15FN4O2/c20-13-7-5-12(6-8-13)19(9-10-25-11-19)18-21-17(26-24-18)16-14-3-1-2-4-15(14)22-23-16/h1-8H,9-11H2,(H,22,23)/t19-/m0/s1. The third-order valence-electron chi connectivity index (χ3n) is 4.95. The number of aromatic nitrogens is 4. The third-order valence-corrected chi connectivity index (χ3v) is 4.95. The van der Waals surface area contributed by atoms with Crippen molar-refractivity contribution >= 4 is 10.9 Å². The van der Waals surface area contributed by atoms with Crippen molar-refractivity contribution in [2.75, 3.05) is 13.2 Å². The molecule has 2 aromatic carbocycles. The number of hydrogen-bond donors (Lipinski definition) is 1. The van der Waals surface area contributed by atoms with Crippen LogP contribution in [0.4, 0.5) is 4.39 Å². The van der Waals surface area contributed by atoms with Crippen molar-refractivity contribution in [2.45, 2.75) is 11.8 Å².